The largest absolute Gasteiger partial charge is 0.444 e. The lowest BCUT2D eigenvalue weighted by molar-refractivity contribution is -0.00252. The van der Waals surface area contributed by atoms with Crippen molar-refractivity contribution < 1.29 is 18.7 Å². The molecule has 0 saturated carbocycles. The van der Waals surface area contributed by atoms with Crippen LogP contribution in [0, 0.1) is 26.6 Å². The summed E-state index contributed by atoms with van der Waals surface area (Å²) < 4.78 is 20.6. The van der Waals surface area contributed by atoms with Gasteiger partial charge in [-0.05, 0) is 104 Å². The lowest BCUT2D eigenvalue weighted by Crippen LogP contribution is -2.56. The highest BCUT2D eigenvalue weighted by Crippen LogP contribution is 2.34. The number of carbonyl (C=O) groups is 2. The van der Waals surface area contributed by atoms with Crippen LogP contribution >= 0.6 is 0 Å². The molecule has 1 aromatic carbocycles. The number of nitrogens with zero attached hydrogens (tertiary/aromatic N) is 2. The van der Waals surface area contributed by atoms with Crippen LogP contribution in [-0.2, 0) is 11.3 Å². The van der Waals surface area contributed by atoms with Crippen molar-refractivity contribution >= 4 is 17.7 Å². The van der Waals surface area contributed by atoms with Crippen LogP contribution in [0.25, 0.3) is 0 Å². The van der Waals surface area contributed by atoms with Gasteiger partial charge in [0.05, 0.1) is 0 Å². The Morgan fingerprint density at radius 2 is 1.74 bits per heavy atom. The van der Waals surface area contributed by atoms with E-state index in [1.165, 1.54) is 12.1 Å². The molecule has 0 radical (unpaired) electrons. The van der Waals surface area contributed by atoms with Crippen LogP contribution < -0.4 is 15.8 Å². The van der Waals surface area contributed by atoms with Crippen molar-refractivity contribution in [3.05, 3.63) is 62.3 Å². The van der Waals surface area contributed by atoms with Gasteiger partial charge in [-0.15, -0.1) is 0 Å². The molecule has 0 bridgehead atoms. The van der Waals surface area contributed by atoms with Gasteiger partial charge in [0.25, 0.3) is 11.5 Å². The van der Waals surface area contributed by atoms with E-state index in [2.05, 4.69) is 15.2 Å². The zero-order valence-electron chi connectivity index (χ0n) is 24.7. The average Bonchev–Trinajstić information content (AvgIpc) is 2.79. The molecule has 9 heteroatoms. The number of aromatic amines is 1. The molecule has 2 atom stereocenters. The molecule has 2 heterocycles. The number of hydrogen-bond acceptors (Lipinski definition) is 5. The maximum Gasteiger partial charge on any atom is 0.410 e. The number of aryl methyl sites for hydroxylation is 2. The van der Waals surface area contributed by atoms with Gasteiger partial charge < -0.3 is 24.8 Å². The van der Waals surface area contributed by atoms with Crippen LogP contribution in [0.3, 0.4) is 0 Å². The Morgan fingerprint density at radius 1 is 1.13 bits per heavy atom. The molecule has 0 aliphatic carbocycles. The highest BCUT2D eigenvalue weighted by Gasteiger charge is 2.38. The summed E-state index contributed by atoms with van der Waals surface area (Å²) in [7, 11) is 0. The number of amides is 2. The van der Waals surface area contributed by atoms with Crippen LogP contribution in [0.15, 0.2) is 23.0 Å². The number of likely N-dealkylation sites (tertiary alicyclic amines) is 1. The Hall–Kier alpha value is -3.36. The van der Waals surface area contributed by atoms with Crippen molar-refractivity contribution in [2.45, 2.75) is 105 Å². The lowest BCUT2D eigenvalue weighted by Gasteiger charge is -2.47. The molecule has 1 aliphatic rings. The summed E-state index contributed by atoms with van der Waals surface area (Å²) in [6.45, 7) is 17.7. The first-order chi connectivity index (χ1) is 18.1. The minimum absolute atomic E-state index is 0.0429. The van der Waals surface area contributed by atoms with E-state index in [0.29, 0.717) is 36.2 Å². The maximum atomic E-state index is 14.9. The third-order valence-electron chi connectivity index (χ3n) is 7.38. The smallest absolute Gasteiger partial charge is 0.410 e. The topological polar surface area (TPSA) is 94.7 Å². The van der Waals surface area contributed by atoms with E-state index in [9.17, 15) is 18.8 Å². The van der Waals surface area contributed by atoms with Crippen molar-refractivity contribution in [2.24, 2.45) is 0 Å². The summed E-state index contributed by atoms with van der Waals surface area (Å²) in [4.78, 5) is 45.1. The molecular weight excluding hydrogens is 499 g/mol. The number of nitrogens with one attached hydrogen (secondary N) is 2. The van der Waals surface area contributed by atoms with Gasteiger partial charge in [0.1, 0.15) is 11.4 Å². The third kappa shape index (κ3) is 6.99. The molecule has 8 nitrogen and oxygen atoms in total. The summed E-state index contributed by atoms with van der Waals surface area (Å²) in [5, 5.41) is 2.80. The highest BCUT2D eigenvalue weighted by molar-refractivity contribution is 5.97. The first kappa shape index (κ1) is 30.2. The fraction of sp³-hybridized carbons (Fsp3) is 0.567. The standard InChI is InChI=1S/C30H43FN4O4/c1-10-34(23-12-19(4)35(20(5)13-23)29(38)39-30(7,8)9)26-15-22(31)14-24(21(26)6)27(36)32-16-25-17(2)11-18(3)33-28(25)37/h11,14-15,19-20,23H,10,12-13,16H2,1-9H3,(H,32,36)(H,33,37)/t19-,20-/m1/s1. The molecule has 1 aliphatic heterocycles. The first-order valence-electron chi connectivity index (χ1n) is 13.7. The van der Waals surface area contributed by atoms with Crippen LogP contribution in [-0.4, -0.2) is 52.2 Å². The van der Waals surface area contributed by atoms with Crippen molar-refractivity contribution in [1.29, 1.82) is 0 Å². The summed E-state index contributed by atoms with van der Waals surface area (Å²) in [5.41, 5.74) is 2.73. The second-order valence-corrected chi connectivity index (χ2v) is 11.7. The van der Waals surface area contributed by atoms with Gasteiger partial charge in [0, 0.05) is 53.7 Å². The van der Waals surface area contributed by atoms with E-state index < -0.39 is 17.3 Å². The Bertz CT molecular complexity index is 1270. The fourth-order valence-electron chi connectivity index (χ4n) is 5.66. The van der Waals surface area contributed by atoms with Crippen molar-refractivity contribution in [3.63, 3.8) is 0 Å². The van der Waals surface area contributed by atoms with Crippen LogP contribution in [0.4, 0.5) is 14.9 Å². The molecule has 1 saturated heterocycles. The predicted molar refractivity (Wildman–Crippen MR) is 152 cm³/mol. The summed E-state index contributed by atoms with van der Waals surface area (Å²) in [5.74, 6) is -0.944. The lowest BCUT2D eigenvalue weighted by atomic mass is 9.90. The third-order valence-corrected chi connectivity index (χ3v) is 7.38. The quantitative estimate of drug-likeness (QED) is 0.512. The van der Waals surface area contributed by atoms with E-state index in [-0.39, 0.29) is 41.9 Å². The van der Waals surface area contributed by atoms with E-state index in [1.54, 1.807) is 11.8 Å². The predicted octanol–water partition coefficient (Wildman–Crippen LogP) is 5.37. The van der Waals surface area contributed by atoms with Gasteiger partial charge in [0.2, 0.25) is 0 Å². The van der Waals surface area contributed by atoms with Gasteiger partial charge in [-0.1, -0.05) is 0 Å². The molecule has 3 rings (SSSR count). The van der Waals surface area contributed by atoms with Gasteiger partial charge in [-0.2, -0.15) is 0 Å². The van der Waals surface area contributed by atoms with E-state index in [4.69, 9.17) is 4.74 Å². The molecule has 2 aromatic rings. The Kier molecular flexibility index (Phi) is 9.13. The number of anilines is 1. The number of piperidine rings is 1. The monoisotopic (exact) mass is 542 g/mol. The molecule has 1 fully saturated rings. The van der Waals surface area contributed by atoms with E-state index in [0.717, 1.165) is 11.3 Å². The number of pyridine rings is 1. The number of rotatable bonds is 6. The number of aromatic nitrogens is 1. The Labute approximate surface area is 230 Å². The Balaban J connectivity index is 1.83. The molecule has 2 N–H and O–H groups in total. The number of hydrogen-bond donors (Lipinski definition) is 2. The summed E-state index contributed by atoms with van der Waals surface area (Å²) in [6.07, 6.45) is 1.04. The molecule has 1 aromatic heterocycles. The molecule has 39 heavy (non-hydrogen) atoms. The maximum absolute atomic E-state index is 14.9. The number of ether oxygens (including phenoxy) is 1. The SMILES string of the molecule is CCN(c1cc(F)cc(C(=O)NCc2c(C)cc(C)[nH]c2=O)c1C)C1C[C@@H](C)N(C(=O)OC(C)(C)C)[C@H](C)C1. The van der Waals surface area contributed by atoms with Crippen molar-refractivity contribution in [1.82, 2.24) is 15.2 Å². The second-order valence-electron chi connectivity index (χ2n) is 11.7. The minimum Gasteiger partial charge on any atom is -0.444 e. The molecule has 0 spiro atoms. The van der Waals surface area contributed by atoms with Crippen LogP contribution in [0.2, 0.25) is 0 Å². The summed E-state index contributed by atoms with van der Waals surface area (Å²) in [6, 6.07) is 4.46. The summed E-state index contributed by atoms with van der Waals surface area (Å²) >= 11 is 0. The van der Waals surface area contributed by atoms with E-state index >= 15 is 0 Å². The highest BCUT2D eigenvalue weighted by atomic mass is 19.1. The first-order valence-corrected chi connectivity index (χ1v) is 13.7. The van der Waals surface area contributed by atoms with Gasteiger partial charge >= 0.3 is 6.09 Å². The minimum atomic E-state index is -0.579. The zero-order chi connectivity index (χ0) is 29.2. The average molecular weight is 543 g/mol. The molecule has 0 unspecified atom stereocenters. The Morgan fingerprint density at radius 3 is 2.28 bits per heavy atom. The van der Waals surface area contributed by atoms with Gasteiger partial charge in [-0.25, -0.2) is 9.18 Å². The molecule has 2 amide bonds. The van der Waals surface area contributed by atoms with Crippen LogP contribution in [0.5, 0.6) is 0 Å². The number of halogens is 1. The fourth-order valence-corrected chi connectivity index (χ4v) is 5.66. The van der Waals surface area contributed by atoms with Gasteiger partial charge in [0.15, 0.2) is 0 Å². The van der Waals surface area contributed by atoms with Gasteiger partial charge in [-0.3, -0.25) is 9.59 Å². The number of benzene rings is 1. The normalized spacial score (nSPS) is 19.5. The van der Waals surface area contributed by atoms with E-state index in [1.807, 2.05) is 61.5 Å². The number of H-pyrrole nitrogens is 1. The zero-order valence-corrected chi connectivity index (χ0v) is 24.7. The van der Waals surface area contributed by atoms with Crippen LogP contribution in [0.1, 0.15) is 87.1 Å². The van der Waals surface area contributed by atoms with Crippen molar-refractivity contribution in [3.8, 4) is 0 Å². The second kappa shape index (κ2) is 11.8. The number of carbonyl (C=O) groups excluding carboxylic acids is 2. The van der Waals surface area contributed by atoms with Crippen molar-refractivity contribution in [2.75, 3.05) is 11.4 Å². The molecule has 214 valence electrons. The molecular formula is C30H43FN4O4.